The van der Waals surface area contributed by atoms with Gasteiger partial charge in [-0.2, -0.15) is 5.10 Å². The Balaban J connectivity index is 1.49. The van der Waals surface area contributed by atoms with Crippen molar-refractivity contribution >= 4 is 11.9 Å². The number of carboxylic acids is 1. The van der Waals surface area contributed by atoms with Crippen LogP contribution in [0.5, 0.6) is 0 Å². The van der Waals surface area contributed by atoms with Crippen LogP contribution in [0.15, 0.2) is 36.5 Å². The van der Waals surface area contributed by atoms with Gasteiger partial charge in [0.2, 0.25) is 5.91 Å². The van der Waals surface area contributed by atoms with Gasteiger partial charge in [0, 0.05) is 19.2 Å². The number of amides is 1. The molecule has 2 N–H and O–H groups in total. The molecule has 0 radical (unpaired) electrons. The van der Waals surface area contributed by atoms with Gasteiger partial charge >= 0.3 is 5.97 Å². The lowest BCUT2D eigenvalue weighted by Crippen LogP contribution is -2.28. The normalized spacial score (nSPS) is 19.3. The SMILES string of the molecule is O=C(O)C1CC1C(=O)NCCc1ccn(-c2ccc(F)cc2)n1. The summed E-state index contributed by atoms with van der Waals surface area (Å²) in [5, 5.41) is 15.9. The minimum atomic E-state index is -0.914. The maximum Gasteiger partial charge on any atom is 0.307 e. The van der Waals surface area contributed by atoms with Crippen LogP contribution in [0.25, 0.3) is 5.69 Å². The van der Waals surface area contributed by atoms with E-state index < -0.39 is 17.8 Å². The lowest BCUT2D eigenvalue weighted by Gasteiger charge is -2.03. The number of carboxylic acid groups (broad SMARTS) is 1. The molecular weight excluding hydrogens is 301 g/mol. The van der Waals surface area contributed by atoms with Gasteiger partial charge in [0.1, 0.15) is 5.82 Å². The number of aliphatic carboxylic acids is 1. The second-order valence-electron chi connectivity index (χ2n) is 5.56. The Bertz CT molecular complexity index is 726. The quantitative estimate of drug-likeness (QED) is 0.843. The fourth-order valence-electron chi connectivity index (χ4n) is 2.44. The molecule has 0 bridgehead atoms. The molecular formula is C16H16FN3O3. The Labute approximate surface area is 131 Å². The molecule has 0 saturated heterocycles. The highest BCUT2D eigenvalue weighted by Gasteiger charge is 2.48. The van der Waals surface area contributed by atoms with Crippen LogP contribution in [-0.4, -0.2) is 33.3 Å². The van der Waals surface area contributed by atoms with E-state index in [-0.39, 0.29) is 11.7 Å². The molecule has 2 aromatic rings. The molecule has 23 heavy (non-hydrogen) atoms. The number of nitrogens with one attached hydrogen (secondary N) is 1. The molecule has 2 unspecified atom stereocenters. The van der Waals surface area contributed by atoms with Gasteiger partial charge in [0.25, 0.3) is 0 Å². The molecule has 1 amide bonds. The average Bonchev–Trinajstić information content (AvgIpc) is 3.21. The maximum absolute atomic E-state index is 12.9. The minimum absolute atomic E-state index is 0.213. The minimum Gasteiger partial charge on any atom is -0.481 e. The summed E-state index contributed by atoms with van der Waals surface area (Å²) in [6, 6.07) is 7.82. The standard InChI is InChI=1S/C16H16FN3O3/c17-10-1-3-12(4-2-10)20-8-6-11(19-20)5-7-18-15(21)13-9-14(13)16(22)23/h1-4,6,8,13-14H,5,7,9H2,(H,18,21)(H,22,23). The first kappa shape index (κ1) is 15.2. The number of aromatic nitrogens is 2. The fraction of sp³-hybridized carbons (Fsp3) is 0.312. The summed E-state index contributed by atoms with van der Waals surface area (Å²) in [5.41, 5.74) is 1.55. The highest BCUT2D eigenvalue weighted by Crippen LogP contribution is 2.38. The van der Waals surface area contributed by atoms with Crippen molar-refractivity contribution in [2.75, 3.05) is 6.54 Å². The third kappa shape index (κ3) is 3.56. The molecule has 2 atom stereocenters. The van der Waals surface area contributed by atoms with E-state index in [1.165, 1.54) is 12.1 Å². The van der Waals surface area contributed by atoms with Crippen LogP contribution in [0.3, 0.4) is 0 Å². The third-order valence-electron chi connectivity index (χ3n) is 3.86. The van der Waals surface area contributed by atoms with Crippen molar-refractivity contribution in [2.45, 2.75) is 12.8 Å². The van der Waals surface area contributed by atoms with Crippen LogP contribution < -0.4 is 5.32 Å². The van der Waals surface area contributed by atoms with E-state index in [4.69, 9.17) is 5.11 Å². The van der Waals surface area contributed by atoms with Gasteiger partial charge < -0.3 is 10.4 Å². The fourth-order valence-corrected chi connectivity index (χ4v) is 2.44. The van der Waals surface area contributed by atoms with Gasteiger partial charge in [0.05, 0.1) is 23.2 Å². The zero-order valence-electron chi connectivity index (χ0n) is 12.3. The third-order valence-corrected chi connectivity index (χ3v) is 3.86. The summed E-state index contributed by atoms with van der Waals surface area (Å²) in [5.74, 6) is -2.36. The topological polar surface area (TPSA) is 84.2 Å². The van der Waals surface area contributed by atoms with E-state index in [0.717, 1.165) is 11.4 Å². The summed E-state index contributed by atoms with van der Waals surface area (Å²) in [4.78, 5) is 22.4. The number of carbonyl (C=O) groups is 2. The van der Waals surface area contributed by atoms with Crippen molar-refractivity contribution in [1.29, 1.82) is 0 Å². The Kier molecular flexibility index (Phi) is 4.10. The van der Waals surface area contributed by atoms with Crippen molar-refractivity contribution in [3.05, 3.63) is 48.0 Å². The van der Waals surface area contributed by atoms with Crippen LogP contribution in [0.1, 0.15) is 12.1 Å². The molecule has 120 valence electrons. The molecule has 0 spiro atoms. The first-order valence-electron chi connectivity index (χ1n) is 7.35. The lowest BCUT2D eigenvalue weighted by atomic mass is 10.3. The molecule has 3 rings (SSSR count). The van der Waals surface area contributed by atoms with E-state index >= 15 is 0 Å². The van der Waals surface area contributed by atoms with E-state index in [2.05, 4.69) is 10.4 Å². The first-order chi connectivity index (χ1) is 11.0. The van der Waals surface area contributed by atoms with Gasteiger partial charge in [0.15, 0.2) is 0 Å². The van der Waals surface area contributed by atoms with Crippen molar-refractivity contribution in [3.8, 4) is 5.69 Å². The number of nitrogens with zero attached hydrogens (tertiary/aromatic N) is 2. The zero-order chi connectivity index (χ0) is 16.4. The second-order valence-corrected chi connectivity index (χ2v) is 5.56. The van der Waals surface area contributed by atoms with Crippen LogP contribution in [0.4, 0.5) is 4.39 Å². The van der Waals surface area contributed by atoms with Crippen molar-refractivity contribution in [1.82, 2.24) is 15.1 Å². The highest BCUT2D eigenvalue weighted by molar-refractivity contribution is 5.89. The number of rotatable bonds is 6. The van der Waals surface area contributed by atoms with E-state index in [9.17, 15) is 14.0 Å². The molecule has 0 aliphatic heterocycles. The smallest absolute Gasteiger partial charge is 0.307 e. The number of carbonyl (C=O) groups excluding carboxylic acids is 1. The van der Waals surface area contributed by atoms with Crippen LogP contribution in [-0.2, 0) is 16.0 Å². The van der Waals surface area contributed by atoms with E-state index in [1.807, 2.05) is 6.07 Å². The van der Waals surface area contributed by atoms with Crippen molar-refractivity contribution in [2.24, 2.45) is 11.8 Å². The molecule has 1 aromatic heterocycles. The van der Waals surface area contributed by atoms with E-state index in [1.54, 1.807) is 23.0 Å². The Morgan fingerprint density at radius 3 is 2.65 bits per heavy atom. The lowest BCUT2D eigenvalue weighted by molar-refractivity contribution is -0.140. The van der Waals surface area contributed by atoms with Crippen LogP contribution in [0, 0.1) is 17.7 Å². The van der Waals surface area contributed by atoms with Crippen molar-refractivity contribution < 1.29 is 19.1 Å². The number of hydrogen-bond donors (Lipinski definition) is 2. The van der Waals surface area contributed by atoms with Gasteiger partial charge in [-0.25, -0.2) is 9.07 Å². The molecule has 1 aliphatic rings. The first-order valence-corrected chi connectivity index (χ1v) is 7.35. The summed E-state index contributed by atoms with van der Waals surface area (Å²) in [7, 11) is 0. The van der Waals surface area contributed by atoms with Crippen LogP contribution >= 0.6 is 0 Å². The molecule has 1 fully saturated rings. The van der Waals surface area contributed by atoms with Crippen LogP contribution in [0.2, 0.25) is 0 Å². The van der Waals surface area contributed by atoms with Gasteiger partial charge in [-0.3, -0.25) is 9.59 Å². The van der Waals surface area contributed by atoms with Crippen molar-refractivity contribution in [3.63, 3.8) is 0 Å². The maximum atomic E-state index is 12.9. The molecule has 7 heteroatoms. The molecule has 1 aromatic carbocycles. The van der Waals surface area contributed by atoms with Gasteiger partial charge in [-0.15, -0.1) is 0 Å². The number of hydrogen-bond acceptors (Lipinski definition) is 3. The Morgan fingerprint density at radius 2 is 2.00 bits per heavy atom. The second kappa shape index (κ2) is 6.20. The molecule has 1 saturated carbocycles. The Hall–Kier alpha value is -2.70. The molecule has 1 aliphatic carbocycles. The summed E-state index contributed by atoms with van der Waals surface area (Å²) in [6.07, 6.45) is 2.73. The number of benzene rings is 1. The summed E-state index contributed by atoms with van der Waals surface area (Å²) < 4.78 is 14.5. The monoisotopic (exact) mass is 317 g/mol. The van der Waals surface area contributed by atoms with E-state index in [0.29, 0.717) is 19.4 Å². The summed E-state index contributed by atoms with van der Waals surface area (Å²) in [6.45, 7) is 0.405. The Morgan fingerprint density at radius 1 is 1.26 bits per heavy atom. The summed E-state index contributed by atoms with van der Waals surface area (Å²) >= 11 is 0. The molecule has 6 nitrogen and oxygen atoms in total. The van der Waals surface area contributed by atoms with Gasteiger partial charge in [-0.1, -0.05) is 0 Å². The van der Waals surface area contributed by atoms with Gasteiger partial charge in [-0.05, 0) is 36.8 Å². The zero-order valence-corrected chi connectivity index (χ0v) is 12.3. The number of halogens is 1. The largest absolute Gasteiger partial charge is 0.481 e. The highest BCUT2D eigenvalue weighted by atomic mass is 19.1. The average molecular weight is 317 g/mol. The molecule has 1 heterocycles. The predicted octanol–water partition coefficient (Wildman–Crippen LogP) is 1.39. The predicted molar refractivity (Wildman–Crippen MR) is 79.5 cm³/mol.